The maximum absolute atomic E-state index is 2.35. The smallest absolute Gasteiger partial charge is 0.0462 e. The van der Waals surface area contributed by atoms with Crippen molar-refractivity contribution in [3.63, 3.8) is 0 Å². The van der Waals surface area contributed by atoms with E-state index in [0.717, 1.165) is 17.1 Å². The minimum Gasteiger partial charge on any atom is -0.311 e. The number of benzene rings is 9. The van der Waals surface area contributed by atoms with Crippen LogP contribution in [0.1, 0.15) is 0 Å². The molecule has 254 valence electrons. The summed E-state index contributed by atoms with van der Waals surface area (Å²) in [4.78, 5) is 2.35. The number of hydrogen-bond acceptors (Lipinski definition) is 2. The van der Waals surface area contributed by atoms with Crippen LogP contribution in [0.2, 0.25) is 0 Å². The van der Waals surface area contributed by atoms with Gasteiger partial charge in [-0.15, -0.1) is 11.3 Å². The highest BCUT2D eigenvalue weighted by Crippen LogP contribution is 2.40. The van der Waals surface area contributed by atoms with Crippen LogP contribution in [-0.2, 0) is 0 Å². The Morgan fingerprint density at radius 2 is 0.741 bits per heavy atom. The molecule has 10 aromatic rings. The Kier molecular flexibility index (Phi) is 8.09. The molecule has 0 atom stereocenters. The Labute approximate surface area is 319 Å². The maximum Gasteiger partial charge on any atom is 0.0462 e. The molecule has 0 unspecified atom stereocenters. The lowest BCUT2D eigenvalue weighted by atomic mass is 9.95. The highest BCUT2D eigenvalue weighted by molar-refractivity contribution is 7.25. The summed E-state index contributed by atoms with van der Waals surface area (Å²) in [6.45, 7) is 0. The van der Waals surface area contributed by atoms with E-state index in [2.05, 4.69) is 217 Å². The van der Waals surface area contributed by atoms with E-state index in [0.29, 0.717) is 0 Å². The van der Waals surface area contributed by atoms with Crippen molar-refractivity contribution in [2.75, 3.05) is 4.90 Å². The first-order valence-electron chi connectivity index (χ1n) is 18.4. The number of hydrogen-bond donors (Lipinski definition) is 0. The highest BCUT2D eigenvalue weighted by atomic mass is 32.1. The molecule has 0 aliphatic heterocycles. The molecule has 1 heterocycles. The normalized spacial score (nSPS) is 11.3. The predicted molar refractivity (Wildman–Crippen MR) is 233 cm³/mol. The summed E-state index contributed by atoms with van der Waals surface area (Å²) >= 11 is 1.86. The summed E-state index contributed by atoms with van der Waals surface area (Å²) in [7, 11) is 0. The lowest BCUT2D eigenvalue weighted by Gasteiger charge is -2.26. The van der Waals surface area contributed by atoms with Crippen LogP contribution in [0.4, 0.5) is 17.1 Å². The summed E-state index contributed by atoms with van der Waals surface area (Å²) in [5.74, 6) is 0. The molecule has 0 bridgehead atoms. The third-order valence-corrected chi connectivity index (χ3v) is 11.6. The van der Waals surface area contributed by atoms with Crippen molar-refractivity contribution in [3.05, 3.63) is 212 Å². The molecule has 0 saturated heterocycles. The number of fused-ring (bicyclic) bond motifs is 4. The standard InChI is InChI=1S/C52H35NS/c1-2-10-36(11-3-1)37-20-27-44(28-21-37)53(46-31-24-39(25-32-46)42-26-33-50-49-17-6-7-19-51(49)54-52(50)35-42)45-29-22-38(23-30-45)41-14-8-15-43(34-41)48-18-9-13-40-12-4-5-16-47(40)48/h1-35H. The zero-order valence-electron chi connectivity index (χ0n) is 29.6. The topological polar surface area (TPSA) is 3.24 Å². The van der Waals surface area contributed by atoms with Crippen LogP contribution < -0.4 is 4.90 Å². The van der Waals surface area contributed by atoms with Crippen LogP contribution in [-0.4, -0.2) is 0 Å². The number of thiophene rings is 1. The van der Waals surface area contributed by atoms with Gasteiger partial charge in [-0.1, -0.05) is 158 Å². The van der Waals surface area contributed by atoms with Crippen molar-refractivity contribution in [2.45, 2.75) is 0 Å². The van der Waals surface area contributed by atoms with Crippen molar-refractivity contribution < 1.29 is 0 Å². The van der Waals surface area contributed by atoms with Gasteiger partial charge < -0.3 is 4.90 Å². The average Bonchev–Trinajstić information content (AvgIpc) is 3.63. The van der Waals surface area contributed by atoms with Crippen molar-refractivity contribution >= 4 is 59.3 Å². The van der Waals surface area contributed by atoms with E-state index >= 15 is 0 Å². The Morgan fingerprint density at radius 1 is 0.278 bits per heavy atom. The summed E-state index contributed by atoms with van der Waals surface area (Å²) in [6.07, 6.45) is 0. The van der Waals surface area contributed by atoms with Gasteiger partial charge in [0.1, 0.15) is 0 Å². The second-order valence-corrected chi connectivity index (χ2v) is 14.8. The molecular formula is C52H35NS. The largest absolute Gasteiger partial charge is 0.311 e. The fourth-order valence-corrected chi connectivity index (χ4v) is 8.88. The molecule has 9 aromatic carbocycles. The zero-order valence-corrected chi connectivity index (χ0v) is 30.4. The number of rotatable bonds is 7. The van der Waals surface area contributed by atoms with Crippen LogP contribution in [0.15, 0.2) is 212 Å². The summed E-state index contributed by atoms with van der Waals surface area (Å²) in [5.41, 5.74) is 13.0. The third-order valence-electron chi connectivity index (χ3n) is 10.5. The van der Waals surface area contributed by atoms with Crippen LogP contribution in [0.5, 0.6) is 0 Å². The maximum atomic E-state index is 2.35. The zero-order chi connectivity index (χ0) is 35.8. The van der Waals surface area contributed by atoms with Gasteiger partial charge in [0.2, 0.25) is 0 Å². The predicted octanol–water partition coefficient (Wildman–Crippen LogP) is 15.3. The van der Waals surface area contributed by atoms with Crippen molar-refractivity contribution in [2.24, 2.45) is 0 Å². The van der Waals surface area contributed by atoms with E-state index in [1.54, 1.807) is 0 Å². The van der Waals surface area contributed by atoms with Crippen LogP contribution in [0, 0.1) is 0 Å². The van der Waals surface area contributed by atoms with Gasteiger partial charge >= 0.3 is 0 Å². The first-order chi connectivity index (χ1) is 26.7. The first-order valence-corrected chi connectivity index (χ1v) is 19.2. The minimum absolute atomic E-state index is 1.11. The van der Waals surface area contributed by atoms with Gasteiger partial charge in [0.15, 0.2) is 0 Å². The van der Waals surface area contributed by atoms with E-state index in [1.165, 1.54) is 75.5 Å². The summed E-state index contributed by atoms with van der Waals surface area (Å²) < 4.78 is 2.65. The number of anilines is 3. The van der Waals surface area contributed by atoms with E-state index in [-0.39, 0.29) is 0 Å². The fourth-order valence-electron chi connectivity index (χ4n) is 7.74. The van der Waals surface area contributed by atoms with Crippen LogP contribution in [0.25, 0.3) is 75.5 Å². The molecule has 10 rings (SSSR count). The van der Waals surface area contributed by atoms with Gasteiger partial charge in [0.25, 0.3) is 0 Å². The van der Waals surface area contributed by atoms with Crippen molar-refractivity contribution in [3.8, 4) is 44.5 Å². The lowest BCUT2D eigenvalue weighted by molar-refractivity contribution is 1.28. The molecule has 54 heavy (non-hydrogen) atoms. The third kappa shape index (κ3) is 5.93. The van der Waals surface area contributed by atoms with Crippen LogP contribution >= 0.6 is 11.3 Å². The lowest BCUT2D eigenvalue weighted by Crippen LogP contribution is -2.09. The monoisotopic (exact) mass is 705 g/mol. The van der Waals surface area contributed by atoms with E-state index in [4.69, 9.17) is 0 Å². The Balaban J connectivity index is 1.00. The second-order valence-electron chi connectivity index (χ2n) is 13.8. The van der Waals surface area contributed by atoms with Crippen LogP contribution in [0.3, 0.4) is 0 Å². The van der Waals surface area contributed by atoms with Gasteiger partial charge in [-0.2, -0.15) is 0 Å². The van der Waals surface area contributed by atoms with E-state index < -0.39 is 0 Å². The molecule has 0 radical (unpaired) electrons. The first kappa shape index (κ1) is 32.0. The molecule has 1 nitrogen and oxygen atoms in total. The van der Waals surface area contributed by atoms with E-state index in [1.807, 2.05) is 11.3 Å². The SMILES string of the molecule is c1ccc(-c2ccc(N(c3ccc(-c4cccc(-c5cccc6ccccc56)c4)cc3)c3ccc(-c4ccc5c(c4)sc4ccccc45)cc3)cc2)cc1. The Bertz CT molecular complexity index is 2900. The quantitative estimate of drug-likeness (QED) is 0.160. The summed E-state index contributed by atoms with van der Waals surface area (Å²) in [6, 6.07) is 77.1. The van der Waals surface area contributed by atoms with E-state index in [9.17, 15) is 0 Å². The average molecular weight is 706 g/mol. The van der Waals surface area contributed by atoms with Gasteiger partial charge in [0, 0.05) is 37.2 Å². The molecule has 0 amide bonds. The van der Waals surface area contributed by atoms with Gasteiger partial charge in [-0.25, -0.2) is 0 Å². The molecule has 0 spiro atoms. The Hall–Kier alpha value is -6.74. The fraction of sp³-hybridized carbons (Fsp3) is 0. The molecule has 0 saturated carbocycles. The summed E-state index contributed by atoms with van der Waals surface area (Å²) in [5, 5.41) is 5.18. The van der Waals surface area contributed by atoms with Crippen molar-refractivity contribution in [1.82, 2.24) is 0 Å². The van der Waals surface area contributed by atoms with Crippen molar-refractivity contribution in [1.29, 1.82) is 0 Å². The molecule has 0 N–H and O–H groups in total. The number of nitrogens with zero attached hydrogens (tertiary/aromatic N) is 1. The second kappa shape index (κ2) is 13.7. The molecule has 0 fully saturated rings. The molecule has 2 heteroatoms. The molecular weight excluding hydrogens is 671 g/mol. The molecule has 1 aromatic heterocycles. The van der Waals surface area contributed by atoms with Gasteiger partial charge in [-0.05, 0) is 110 Å². The molecule has 0 aliphatic carbocycles. The molecule has 0 aliphatic rings. The minimum atomic E-state index is 1.11. The Morgan fingerprint density at radius 3 is 1.44 bits per heavy atom. The van der Waals surface area contributed by atoms with Gasteiger partial charge in [0.05, 0.1) is 0 Å². The highest BCUT2D eigenvalue weighted by Gasteiger charge is 2.15. The van der Waals surface area contributed by atoms with Gasteiger partial charge in [-0.3, -0.25) is 0 Å².